The van der Waals surface area contributed by atoms with Gasteiger partial charge in [-0.15, -0.1) is 0 Å². The maximum atomic E-state index is 10.2. The van der Waals surface area contributed by atoms with Gasteiger partial charge >= 0.3 is 11.9 Å². The maximum Gasteiger partial charge on any atom is 0.332 e. The van der Waals surface area contributed by atoms with Crippen molar-refractivity contribution in [1.29, 1.82) is 0 Å². The molecule has 3 rings (SSSR count). The molecule has 3 saturated carbocycles. The largest absolute Gasteiger partial charge is 0.466 e. The molecule has 0 amide bonds. The molecule has 0 aromatic carbocycles. The fourth-order valence-electron chi connectivity index (χ4n) is 5.65. The van der Waals surface area contributed by atoms with Crippen LogP contribution in [0.2, 0.25) is 0 Å². The van der Waals surface area contributed by atoms with Gasteiger partial charge in [0.2, 0.25) is 0 Å². The van der Waals surface area contributed by atoms with E-state index < -0.39 is 0 Å². The molecule has 0 spiro atoms. The van der Waals surface area contributed by atoms with Crippen LogP contribution < -0.4 is 0 Å². The molecule has 0 saturated heterocycles. The molecule has 0 atom stereocenters. The first-order valence-corrected chi connectivity index (χ1v) is 18.8. The monoisotopic (exact) mass is 621 g/mol. The van der Waals surface area contributed by atoms with Crippen molar-refractivity contribution in [2.75, 3.05) is 14.2 Å². The number of ether oxygens (including phenoxy) is 2. The van der Waals surface area contributed by atoms with Gasteiger partial charge in [0.1, 0.15) is 0 Å². The van der Waals surface area contributed by atoms with Gasteiger partial charge in [-0.3, -0.25) is 0 Å². The van der Waals surface area contributed by atoms with Gasteiger partial charge in [0.15, 0.2) is 0 Å². The summed E-state index contributed by atoms with van der Waals surface area (Å²) in [5.74, 6) is -0.694. The Morgan fingerprint density at radius 1 is 0.318 bits per heavy atom. The molecule has 0 aromatic rings. The summed E-state index contributed by atoms with van der Waals surface area (Å²) in [7, 11) is 2.66. The predicted octanol–water partition coefficient (Wildman–Crippen LogP) is 13.2. The standard InChI is InChI=1S/3C10H20.2C5H8O2/c3*1-2-4-6-8-10-9-7-5-3-1;2*1-4(2)5(6)7-3/h3*1-10H2;2*1H2,2-3H3. The predicted molar refractivity (Wildman–Crippen MR) is 192 cm³/mol. The van der Waals surface area contributed by atoms with Crippen LogP contribution in [0.4, 0.5) is 0 Å². The van der Waals surface area contributed by atoms with Gasteiger partial charge in [-0.2, -0.15) is 0 Å². The zero-order chi connectivity index (χ0) is 32.9. The molecule has 0 unspecified atom stereocenters. The summed E-state index contributed by atoms with van der Waals surface area (Å²) in [6.07, 6.45) is 45.0. The van der Waals surface area contributed by atoms with Crippen molar-refractivity contribution in [3.05, 3.63) is 24.3 Å². The fraction of sp³-hybridized carbons (Fsp3) is 0.850. The van der Waals surface area contributed by atoms with Gasteiger partial charge in [0.05, 0.1) is 14.2 Å². The molecule has 3 fully saturated rings. The third kappa shape index (κ3) is 38.4. The third-order valence-corrected chi connectivity index (χ3v) is 8.57. The van der Waals surface area contributed by atoms with Crippen LogP contribution in [0.5, 0.6) is 0 Å². The molecule has 0 radical (unpaired) electrons. The van der Waals surface area contributed by atoms with Gasteiger partial charge in [-0.25, -0.2) is 9.59 Å². The summed E-state index contributed by atoms with van der Waals surface area (Å²) in [6.45, 7) is 9.91. The molecule has 0 bridgehead atoms. The van der Waals surface area contributed by atoms with Crippen molar-refractivity contribution in [2.45, 2.75) is 206 Å². The van der Waals surface area contributed by atoms with E-state index in [9.17, 15) is 9.59 Å². The zero-order valence-corrected chi connectivity index (χ0v) is 30.3. The molecule has 3 aliphatic rings. The first-order chi connectivity index (χ1) is 21.4. The van der Waals surface area contributed by atoms with Crippen molar-refractivity contribution in [3.63, 3.8) is 0 Å². The number of rotatable bonds is 2. The Morgan fingerprint density at radius 2 is 0.409 bits per heavy atom. The Balaban J connectivity index is 0. The van der Waals surface area contributed by atoms with E-state index in [2.05, 4.69) is 22.6 Å². The third-order valence-electron chi connectivity index (χ3n) is 8.57. The fourth-order valence-corrected chi connectivity index (χ4v) is 5.65. The minimum absolute atomic E-state index is 0.347. The van der Waals surface area contributed by atoms with Crippen LogP contribution in [-0.2, 0) is 19.1 Å². The average molecular weight is 621 g/mol. The van der Waals surface area contributed by atoms with Crippen LogP contribution in [0.15, 0.2) is 24.3 Å². The van der Waals surface area contributed by atoms with Crippen LogP contribution in [0.25, 0.3) is 0 Å². The SMILES string of the molecule is C1CCCCCCCCC1.C1CCCCCCCCC1.C1CCCCCCCCC1.C=C(C)C(=O)OC.C=C(C)C(=O)OC. The zero-order valence-electron chi connectivity index (χ0n) is 30.3. The van der Waals surface area contributed by atoms with E-state index >= 15 is 0 Å². The average Bonchev–Trinajstić information content (AvgIpc) is 3.05. The molecule has 4 heteroatoms. The summed E-state index contributed by atoms with van der Waals surface area (Å²) < 4.78 is 8.55. The summed E-state index contributed by atoms with van der Waals surface area (Å²) in [4.78, 5) is 20.4. The lowest BCUT2D eigenvalue weighted by Gasteiger charge is -2.05. The summed E-state index contributed by atoms with van der Waals surface area (Å²) in [5, 5.41) is 0. The van der Waals surface area contributed by atoms with Crippen molar-refractivity contribution >= 4 is 11.9 Å². The number of hydrogen-bond acceptors (Lipinski definition) is 4. The molecule has 0 heterocycles. The second-order valence-corrected chi connectivity index (χ2v) is 13.2. The van der Waals surface area contributed by atoms with E-state index in [1.807, 2.05) is 0 Å². The quantitative estimate of drug-likeness (QED) is 0.228. The lowest BCUT2D eigenvalue weighted by molar-refractivity contribution is -0.136. The normalized spacial score (nSPS) is 18.8. The Bertz CT molecular complexity index is 481. The number of carbonyl (C=O) groups is 2. The minimum Gasteiger partial charge on any atom is -0.466 e. The van der Waals surface area contributed by atoms with Gasteiger partial charge in [-0.1, -0.05) is 206 Å². The first kappa shape index (κ1) is 44.5. The highest BCUT2D eigenvalue weighted by Gasteiger charge is 1.99. The Labute approximate surface area is 275 Å². The topological polar surface area (TPSA) is 52.6 Å². The van der Waals surface area contributed by atoms with E-state index in [4.69, 9.17) is 0 Å². The van der Waals surface area contributed by atoms with E-state index in [1.54, 1.807) is 13.8 Å². The summed E-state index contributed by atoms with van der Waals surface area (Å²) in [6, 6.07) is 0. The van der Waals surface area contributed by atoms with Gasteiger partial charge in [0.25, 0.3) is 0 Å². The molecular weight excluding hydrogens is 544 g/mol. The van der Waals surface area contributed by atoms with Crippen LogP contribution in [0.3, 0.4) is 0 Å². The first-order valence-electron chi connectivity index (χ1n) is 18.8. The number of esters is 2. The second kappa shape index (κ2) is 37.6. The molecule has 260 valence electrons. The lowest BCUT2D eigenvalue weighted by atomic mass is 10.0. The van der Waals surface area contributed by atoms with Gasteiger partial charge < -0.3 is 9.47 Å². The van der Waals surface area contributed by atoms with Gasteiger partial charge in [0, 0.05) is 11.1 Å². The smallest absolute Gasteiger partial charge is 0.332 e. The summed E-state index contributed by atoms with van der Waals surface area (Å²) in [5.41, 5.74) is 0.866. The van der Waals surface area contributed by atoms with E-state index in [-0.39, 0.29) is 11.9 Å². The van der Waals surface area contributed by atoms with E-state index in [1.165, 1.54) is 207 Å². The highest BCUT2D eigenvalue weighted by Crippen LogP contribution is 2.17. The molecule has 0 aliphatic heterocycles. The van der Waals surface area contributed by atoms with Crippen LogP contribution in [0.1, 0.15) is 206 Å². The highest BCUT2D eigenvalue weighted by atomic mass is 16.5. The molecule has 3 aliphatic carbocycles. The van der Waals surface area contributed by atoms with Crippen molar-refractivity contribution in [2.24, 2.45) is 0 Å². The van der Waals surface area contributed by atoms with Crippen molar-refractivity contribution in [3.8, 4) is 0 Å². The minimum atomic E-state index is -0.347. The van der Waals surface area contributed by atoms with E-state index in [0.29, 0.717) is 11.1 Å². The second-order valence-electron chi connectivity index (χ2n) is 13.2. The number of carbonyl (C=O) groups excluding carboxylic acids is 2. The Kier molecular flexibility index (Phi) is 38.1. The van der Waals surface area contributed by atoms with Crippen LogP contribution in [-0.4, -0.2) is 26.2 Å². The van der Waals surface area contributed by atoms with Crippen LogP contribution in [0, 0.1) is 0 Å². The van der Waals surface area contributed by atoms with Crippen LogP contribution >= 0.6 is 0 Å². The molecule has 4 nitrogen and oxygen atoms in total. The molecule has 0 aromatic heterocycles. The number of hydrogen-bond donors (Lipinski definition) is 0. The lowest BCUT2D eigenvalue weighted by Crippen LogP contribution is -1.98. The molecule has 0 N–H and O–H groups in total. The van der Waals surface area contributed by atoms with Gasteiger partial charge in [-0.05, 0) is 13.8 Å². The Hall–Kier alpha value is -1.58. The van der Waals surface area contributed by atoms with Crippen molar-refractivity contribution in [1.82, 2.24) is 0 Å². The molecule has 44 heavy (non-hydrogen) atoms. The maximum absolute atomic E-state index is 10.2. The van der Waals surface area contributed by atoms with E-state index in [0.717, 1.165) is 0 Å². The van der Waals surface area contributed by atoms with Crippen molar-refractivity contribution < 1.29 is 19.1 Å². The Morgan fingerprint density at radius 3 is 0.432 bits per heavy atom. The summed E-state index contributed by atoms with van der Waals surface area (Å²) >= 11 is 0. The molecular formula is C40H76O4. The highest BCUT2D eigenvalue weighted by molar-refractivity contribution is 5.87. The number of methoxy groups -OCH3 is 2.